The van der Waals surface area contributed by atoms with Crippen LogP contribution in [0.2, 0.25) is 0 Å². The minimum atomic E-state index is -0.137. The fraction of sp³-hybridized carbons (Fsp3) is 0.744. The van der Waals surface area contributed by atoms with Gasteiger partial charge in [0.25, 0.3) is 0 Å². The van der Waals surface area contributed by atoms with E-state index in [1.54, 1.807) is 0 Å². The van der Waals surface area contributed by atoms with E-state index >= 15 is 0 Å². The van der Waals surface area contributed by atoms with Gasteiger partial charge in [0.2, 0.25) is 5.91 Å². The van der Waals surface area contributed by atoms with Crippen molar-refractivity contribution in [3.63, 3.8) is 0 Å². The highest BCUT2D eigenvalue weighted by atomic mass is 32.2. The molecule has 1 spiro atoms. The van der Waals surface area contributed by atoms with Crippen LogP contribution >= 0.6 is 11.8 Å². The van der Waals surface area contributed by atoms with Crippen molar-refractivity contribution in [2.45, 2.75) is 137 Å². The first-order chi connectivity index (χ1) is 23.4. The monoisotopic (exact) mass is 674 g/mol. The van der Waals surface area contributed by atoms with Gasteiger partial charge in [0.15, 0.2) is 6.35 Å². The Labute approximate surface area is 293 Å². The summed E-state index contributed by atoms with van der Waals surface area (Å²) in [6, 6.07) is 12.6. The second kappa shape index (κ2) is 15.1. The third-order valence-electron chi connectivity index (χ3n) is 13.0. The van der Waals surface area contributed by atoms with Gasteiger partial charge in [0.05, 0.1) is 31.3 Å². The number of benzene rings is 1. The molecule has 9 heteroatoms. The molecule has 8 atom stereocenters. The molecule has 262 valence electrons. The number of hydrogen-bond donors (Lipinski definition) is 1. The summed E-state index contributed by atoms with van der Waals surface area (Å²) in [7, 11) is 2.25. The summed E-state index contributed by atoms with van der Waals surface area (Å²) in [5.74, 6) is 1.02. The van der Waals surface area contributed by atoms with E-state index in [1.165, 1.54) is 80.7 Å². The van der Waals surface area contributed by atoms with Gasteiger partial charge in [0, 0.05) is 53.3 Å². The van der Waals surface area contributed by atoms with Gasteiger partial charge >= 0.3 is 0 Å². The van der Waals surface area contributed by atoms with Crippen LogP contribution in [0.1, 0.15) is 89.5 Å². The molecular weight excluding hydrogens is 617 g/mol. The average molecular weight is 675 g/mol. The van der Waals surface area contributed by atoms with Crippen molar-refractivity contribution >= 4 is 17.7 Å². The maximum atomic E-state index is 12.9. The molecule has 2 saturated carbocycles. The molecule has 7 rings (SSSR count). The molecule has 0 radical (unpaired) electrons. The van der Waals surface area contributed by atoms with Crippen LogP contribution < -0.4 is 5.32 Å². The number of nitriles is 1. The lowest BCUT2D eigenvalue weighted by atomic mass is 9.69. The number of rotatable bonds is 7. The average Bonchev–Trinajstić information content (AvgIpc) is 3.32. The van der Waals surface area contributed by atoms with Crippen molar-refractivity contribution in [1.29, 1.82) is 5.26 Å². The van der Waals surface area contributed by atoms with E-state index in [0.29, 0.717) is 42.9 Å². The fourth-order valence-corrected chi connectivity index (χ4v) is 11.9. The molecule has 4 heterocycles. The van der Waals surface area contributed by atoms with E-state index < -0.39 is 0 Å². The zero-order valence-electron chi connectivity index (χ0n) is 29.4. The number of fused-ring (bicyclic) bond motifs is 2. The Hall–Kier alpha value is -1.93. The van der Waals surface area contributed by atoms with Crippen LogP contribution in [0.5, 0.6) is 0 Å². The zero-order valence-corrected chi connectivity index (χ0v) is 30.2. The Morgan fingerprint density at radius 1 is 1.10 bits per heavy atom. The summed E-state index contributed by atoms with van der Waals surface area (Å²) >= 11 is 2.16. The Morgan fingerprint density at radius 3 is 2.67 bits per heavy atom. The molecule has 1 aromatic rings. The molecule has 1 aromatic carbocycles. The lowest BCUT2D eigenvalue weighted by molar-refractivity contribution is -0.214. The van der Waals surface area contributed by atoms with E-state index in [1.807, 2.05) is 4.90 Å². The fourth-order valence-electron chi connectivity index (χ4n) is 10.3. The maximum absolute atomic E-state index is 12.9. The van der Waals surface area contributed by atoms with Crippen LogP contribution in [0.25, 0.3) is 0 Å². The molecule has 48 heavy (non-hydrogen) atoms. The van der Waals surface area contributed by atoms with Gasteiger partial charge in [-0.3, -0.25) is 15.0 Å². The first-order valence-electron chi connectivity index (χ1n) is 19.1. The van der Waals surface area contributed by atoms with Gasteiger partial charge in [-0.2, -0.15) is 5.26 Å². The molecule has 8 nitrogen and oxygen atoms in total. The number of carbonyl (C=O) groups is 1. The van der Waals surface area contributed by atoms with Gasteiger partial charge in [-0.15, -0.1) is 11.8 Å². The minimum absolute atomic E-state index is 0.0520. The van der Waals surface area contributed by atoms with Crippen molar-refractivity contribution in [2.24, 2.45) is 11.8 Å². The van der Waals surface area contributed by atoms with Crippen LogP contribution in [0, 0.1) is 23.2 Å². The summed E-state index contributed by atoms with van der Waals surface area (Å²) in [4.78, 5) is 24.3. The number of piperazine rings is 1. The Morgan fingerprint density at radius 2 is 1.92 bits per heavy atom. The third kappa shape index (κ3) is 6.87. The smallest absolute Gasteiger partial charge is 0.246 e. The van der Waals surface area contributed by atoms with Gasteiger partial charge in [-0.25, -0.2) is 4.90 Å². The van der Waals surface area contributed by atoms with E-state index in [0.717, 1.165) is 39.1 Å². The molecule has 0 bridgehead atoms. The minimum Gasteiger partial charge on any atom is -0.348 e. The van der Waals surface area contributed by atoms with Gasteiger partial charge < -0.3 is 14.5 Å². The molecule has 1 N–H and O–H groups in total. The number of nitrogens with zero attached hydrogens (tertiary/aromatic N) is 5. The van der Waals surface area contributed by atoms with Crippen LogP contribution in [-0.2, 0) is 16.0 Å². The Kier molecular flexibility index (Phi) is 10.9. The number of likely N-dealkylation sites (tertiary alicyclic amines) is 1. The van der Waals surface area contributed by atoms with E-state index in [4.69, 9.17) is 4.74 Å². The summed E-state index contributed by atoms with van der Waals surface area (Å²) in [6.07, 6.45) is 16.6. The van der Waals surface area contributed by atoms with Crippen molar-refractivity contribution in [2.75, 3.05) is 39.8 Å². The Bertz CT molecular complexity index is 1330. The molecule has 0 aromatic heterocycles. The normalized spacial score (nSPS) is 37.0. The van der Waals surface area contributed by atoms with Gasteiger partial charge in [0.1, 0.15) is 0 Å². The molecule has 1 amide bonds. The quantitative estimate of drug-likeness (QED) is 0.286. The molecule has 2 aliphatic carbocycles. The highest BCUT2D eigenvalue weighted by Crippen LogP contribution is 2.56. The molecule has 4 aliphatic heterocycles. The van der Waals surface area contributed by atoms with Crippen LogP contribution in [0.4, 0.5) is 0 Å². The van der Waals surface area contributed by atoms with Crippen LogP contribution in [-0.4, -0.2) is 107 Å². The molecule has 7 unspecified atom stereocenters. The maximum Gasteiger partial charge on any atom is 0.246 e. The summed E-state index contributed by atoms with van der Waals surface area (Å²) in [5.41, 5.74) is 1.51. The number of carbonyl (C=O) groups excluding carboxylic acids is 1. The second-order valence-electron chi connectivity index (χ2n) is 15.8. The van der Waals surface area contributed by atoms with Crippen molar-refractivity contribution in [3.05, 3.63) is 42.5 Å². The molecule has 5 fully saturated rings. The van der Waals surface area contributed by atoms with E-state index in [9.17, 15) is 10.1 Å². The van der Waals surface area contributed by atoms with Crippen LogP contribution in [0.15, 0.2) is 41.8 Å². The topological polar surface area (TPSA) is 75.1 Å². The number of thioether (sulfide) groups is 1. The van der Waals surface area contributed by atoms with Crippen molar-refractivity contribution in [1.82, 2.24) is 24.9 Å². The largest absolute Gasteiger partial charge is 0.348 e. The van der Waals surface area contributed by atoms with Gasteiger partial charge in [-0.1, -0.05) is 57.4 Å². The number of hydrogen-bond acceptors (Lipinski definition) is 8. The van der Waals surface area contributed by atoms with E-state index in [2.05, 4.69) is 82.7 Å². The zero-order chi connectivity index (χ0) is 33.3. The third-order valence-corrected chi connectivity index (χ3v) is 14.8. The molecule has 3 saturated heterocycles. The lowest BCUT2D eigenvalue weighted by Gasteiger charge is -2.61. The number of amides is 1. The van der Waals surface area contributed by atoms with Crippen LogP contribution in [0.3, 0.4) is 0 Å². The molecular formula is C39H58N6O2S. The number of ether oxygens (including phenoxy) is 1. The first-order valence-corrected chi connectivity index (χ1v) is 19.9. The Balaban J connectivity index is 1.23. The van der Waals surface area contributed by atoms with E-state index in [-0.39, 0.29) is 29.2 Å². The van der Waals surface area contributed by atoms with Crippen molar-refractivity contribution in [3.8, 4) is 6.07 Å². The highest BCUT2D eigenvalue weighted by Gasteiger charge is 2.55. The number of nitrogens with one attached hydrogen (secondary N) is 1. The predicted octanol–water partition coefficient (Wildman–Crippen LogP) is 5.84. The SMILES string of the molecule is C=CC(=O)N1CCN(C2C3CC[C@]4(CC3NC(OCC3CCCN3C)N2C2CCCCCC2)Sc2ccccc2CC4C)CC1CC#N. The van der Waals surface area contributed by atoms with Crippen molar-refractivity contribution < 1.29 is 9.53 Å². The van der Waals surface area contributed by atoms with Gasteiger partial charge in [-0.05, 0) is 88.6 Å². The summed E-state index contributed by atoms with van der Waals surface area (Å²) in [5, 5.41) is 14.1. The first kappa shape index (κ1) is 34.5. The number of likely N-dealkylation sites (N-methyl/N-ethyl adjacent to an activating group) is 1. The standard InChI is InChI=1S/C39H58N6O2S/c1-4-36(46)44-23-22-43(26-31(44)18-20-40)37-33-17-19-39(28(2)24-29-12-9-10-16-35(29)48-39)25-34(33)41-38(47-27-32-15-11-21-42(32)3)45(37)30-13-7-5-6-8-14-30/h4,9-10,12,16,28,30-34,37-38,41H,1,5-8,11,13-15,17-19,21-27H2,2-3H3/t28?,31?,32?,33?,34?,37?,38?,39-/m1/s1. The second-order valence-corrected chi connectivity index (χ2v) is 17.2. The lowest BCUT2D eigenvalue weighted by Crippen LogP contribution is -2.75. The predicted molar refractivity (Wildman–Crippen MR) is 192 cm³/mol. The summed E-state index contributed by atoms with van der Waals surface area (Å²) in [6.45, 7) is 10.4. The summed E-state index contributed by atoms with van der Waals surface area (Å²) < 4.78 is 7.35. The molecule has 6 aliphatic rings. The highest BCUT2D eigenvalue weighted by molar-refractivity contribution is 8.00.